The quantitative estimate of drug-likeness (QED) is 0.428. The number of aryl methyl sites for hydroxylation is 2. The second-order valence-corrected chi connectivity index (χ2v) is 7.50. The second kappa shape index (κ2) is 8.13. The summed E-state index contributed by atoms with van der Waals surface area (Å²) in [5, 5.41) is 8.08. The highest BCUT2D eigenvalue weighted by Crippen LogP contribution is 2.25. The molecule has 1 amide bonds. The molecule has 30 heavy (non-hydrogen) atoms. The molecule has 0 spiro atoms. The van der Waals surface area contributed by atoms with Crippen molar-refractivity contribution in [3.05, 3.63) is 100 Å². The molecule has 4 aromatic rings. The highest BCUT2D eigenvalue weighted by atomic mass is 35.5. The lowest BCUT2D eigenvalue weighted by molar-refractivity contribution is 0.101. The van der Waals surface area contributed by atoms with Crippen molar-refractivity contribution < 1.29 is 9.18 Å². The van der Waals surface area contributed by atoms with Crippen LogP contribution in [0.1, 0.15) is 21.6 Å². The molecule has 0 aliphatic rings. The Labute approximate surface area is 178 Å². The molecule has 1 heterocycles. The molecule has 0 radical (unpaired) electrons. The Morgan fingerprint density at radius 1 is 0.933 bits per heavy atom. The molecule has 0 bridgehead atoms. The Morgan fingerprint density at radius 3 is 2.30 bits per heavy atom. The van der Waals surface area contributed by atoms with E-state index >= 15 is 0 Å². The van der Waals surface area contributed by atoms with Crippen molar-refractivity contribution in [2.24, 2.45) is 0 Å². The van der Waals surface area contributed by atoms with Gasteiger partial charge in [0.2, 0.25) is 0 Å². The summed E-state index contributed by atoms with van der Waals surface area (Å²) in [6.45, 7) is 4.09. The summed E-state index contributed by atoms with van der Waals surface area (Å²) in [4.78, 5) is 13.0. The van der Waals surface area contributed by atoms with Gasteiger partial charge in [0.25, 0.3) is 5.91 Å². The standard InChI is InChI=1S/C24H19ClFN3O/c1-15-3-4-17(13-16(15)2)22-14-23(24(30)27-20-9-7-19(26)8-10-20)29(28-22)21-11-5-18(25)6-12-21/h3-14H,1-2H3,(H,27,30). The highest BCUT2D eigenvalue weighted by Gasteiger charge is 2.18. The topological polar surface area (TPSA) is 46.9 Å². The third-order valence-corrected chi connectivity index (χ3v) is 5.17. The summed E-state index contributed by atoms with van der Waals surface area (Å²) >= 11 is 6.02. The number of nitrogens with zero attached hydrogens (tertiary/aromatic N) is 2. The fourth-order valence-corrected chi connectivity index (χ4v) is 3.22. The first-order chi connectivity index (χ1) is 14.4. The van der Waals surface area contributed by atoms with Gasteiger partial charge in [0.05, 0.1) is 11.4 Å². The molecule has 0 atom stereocenters. The Hall–Kier alpha value is -3.44. The van der Waals surface area contributed by atoms with Crippen LogP contribution in [0.3, 0.4) is 0 Å². The minimum absolute atomic E-state index is 0.348. The average Bonchev–Trinajstić information content (AvgIpc) is 3.18. The number of halogens is 2. The first kappa shape index (κ1) is 19.9. The van der Waals surface area contributed by atoms with E-state index < -0.39 is 0 Å². The Balaban J connectivity index is 1.77. The van der Waals surface area contributed by atoms with Gasteiger partial charge in [0.1, 0.15) is 11.5 Å². The molecule has 4 nitrogen and oxygen atoms in total. The van der Waals surface area contributed by atoms with Gasteiger partial charge in [-0.3, -0.25) is 4.79 Å². The van der Waals surface area contributed by atoms with Crippen LogP contribution in [0.15, 0.2) is 72.8 Å². The SMILES string of the molecule is Cc1ccc(-c2cc(C(=O)Nc3ccc(F)cc3)n(-c3ccc(Cl)cc3)n2)cc1C. The van der Waals surface area contributed by atoms with Crippen LogP contribution in [0.25, 0.3) is 16.9 Å². The number of rotatable bonds is 4. The Morgan fingerprint density at radius 2 is 1.63 bits per heavy atom. The van der Waals surface area contributed by atoms with Gasteiger partial charge in [0, 0.05) is 16.3 Å². The maximum atomic E-state index is 13.2. The monoisotopic (exact) mass is 419 g/mol. The van der Waals surface area contributed by atoms with E-state index in [1.54, 1.807) is 35.0 Å². The second-order valence-electron chi connectivity index (χ2n) is 7.06. The van der Waals surface area contributed by atoms with E-state index in [2.05, 4.69) is 10.4 Å². The first-order valence-corrected chi connectivity index (χ1v) is 9.79. The van der Waals surface area contributed by atoms with Crippen LogP contribution in [-0.2, 0) is 0 Å². The molecule has 0 aliphatic carbocycles. The van der Waals surface area contributed by atoms with Crippen LogP contribution in [-0.4, -0.2) is 15.7 Å². The average molecular weight is 420 g/mol. The molecule has 0 unspecified atom stereocenters. The fraction of sp³-hybridized carbons (Fsp3) is 0.0833. The molecule has 1 N–H and O–H groups in total. The molecule has 1 aromatic heterocycles. The molecule has 6 heteroatoms. The summed E-state index contributed by atoms with van der Waals surface area (Å²) in [5.41, 5.74) is 5.49. The van der Waals surface area contributed by atoms with Crippen LogP contribution in [0.5, 0.6) is 0 Å². The maximum absolute atomic E-state index is 13.2. The van der Waals surface area contributed by atoms with Crippen LogP contribution < -0.4 is 5.32 Å². The normalized spacial score (nSPS) is 10.8. The largest absolute Gasteiger partial charge is 0.321 e. The van der Waals surface area contributed by atoms with E-state index in [4.69, 9.17) is 11.6 Å². The van der Waals surface area contributed by atoms with Crippen LogP contribution in [0.4, 0.5) is 10.1 Å². The summed E-state index contributed by atoms with van der Waals surface area (Å²) < 4.78 is 14.8. The lowest BCUT2D eigenvalue weighted by Crippen LogP contribution is -2.16. The van der Waals surface area contributed by atoms with Crippen molar-refractivity contribution in [3.63, 3.8) is 0 Å². The molecule has 0 saturated carbocycles. The first-order valence-electron chi connectivity index (χ1n) is 9.41. The molecule has 150 valence electrons. The van der Waals surface area contributed by atoms with Crippen molar-refractivity contribution in [1.29, 1.82) is 0 Å². The van der Waals surface area contributed by atoms with Crippen LogP contribution in [0, 0.1) is 19.7 Å². The van der Waals surface area contributed by atoms with Gasteiger partial charge in [-0.25, -0.2) is 9.07 Å². The van der Waals surface area contributed by atoms with E-state index in [1.807, 2.05) is 32.0 Å². The molecular formula is C24H19ClFN3O. The van der Waals surface area contributed by atoms with Gasteiger partial charge >= 0.3 is 0 Å². The van der Waals surface area contributed by atoms with Gasteiger partial charge in [-0.15, -0.1) is 0 Å². The summed E-state index contributed by atoms with van der Waals surface area (Å²) in [5.74, 6) is -0.713. The number of anilines is 1. The fourth-order valence-electron chi connectivity index (χ4n) is 3.09. The van der Waals surface area contributed by atoms with Crippen molar-refractivity contribution in [1.82, 2.24) is 9.78 Å². The van der Waals surface area contributed by atoms with Gasteiger partial charge in [-0.05, 0) is 85.6 Å². The Kier molecular flexibility index (Phi) is 5.38. The van der Waals surface area contributed by atoms with Crippen molar-refractivity contribution >= 4 is 23.2 Å². The number of benzene rings is 3. The number of carbonyl (C=O) groups excluding carboxylic acids is 1. The van der Waals surface area contributed by atoms with E-state index in [-0.39, 0.29) is 11.7 Å². The number of aromatic nitrogens is 2. The van der Waals surface area contributed by atoms with Gasteiger partial charge < -0.3 is 5.32 Å². The predicted octanol–water partition coefficient (Wildman–Crippen LogP) is 6.20. The lowest BCUT2D eigenvalue weighted by atomic mass is 10.0. The molecule has 4 rings (SSSR count). The number of hydrogen-bond donors (Lipinski definition) is 1. The molecule has 0 saturated heterocycles. The molecular weight excluding hydrogens is 401 g/mol. The molecule has 3 aromatic carbocycles. The van der Waals surface area contributed by atoms with E-state index in [0.29, 0.717) is 27.8 Å². The molecule has 0 fully saturated rings. The number of hydrogen-bond acceptors (Lipinski definition) is 2. The number of carbonyl (C=O) groups is 1. The van der Waals surface area contributed by atoms with E-state index in [1.165, 1.54) is 29.8 Å². The lowest BCUT2D eigenvalue weighted by Gasteiger charge is -2.08. The third kappa shape index (κ3) is 4.11. The number of amides is 1. The van der Waals surface area contributed by atoms with Crippen molar-refractivity contribution in [2.75, 3.05) is 5.32 Å². The minimum atomic E-state index is -0.365. The van der Waals surface area contributed by atoms with Gasteiger partial charge in [-0.2, -0.15) is 5.10 Å². The summed E-state index contributed by atoms with van der Waals surface area (Å²) in [6, 6.07) is 20.5. The Bertz CT molecular complexity index is 1210. The zero-order valence-electron chi connectivity index (χ0n) is 16.5. The summed E-state index contributed by atoms with van der Waals surface area (Å²) in [6.07, 6.45) is 0. The molecule has 0 aliphatic heterocycles. The summed E-state index contributed by atoms with van der Waals surface area (Å²) in [7, 11) is 0. The smallest absolute Gasteiger partial charge is 0.274 e. The van der Waals surface area contributed by atoms with Crippen molar-refractivity contribution in [3.8, 4) is 16.9 Å². The predicted molar refractivity (Wildman–Crippen MR) is 118 cm³/mol. The third-order valence-electron chi connectivity index (χ3n) is 4.92. The number of nitrogens with one attached hydrogen (secondary N) is 1. The van der Waals surface area contributed by atoms with Crippen LogP contribution >= 0.6 is 11.6 Å². The van der Waals surface area contributed by atoms with E-state index in [0.717, 1.165) is 11.1 Å². The van der Waals surface area contributed by atoms with Gasteiger partial charge in [-0.1, -0.05) is 23.7 Å². The highest BCUT2D eigenvalue weighted by molar-refractivity contribution is 6.30. The van der Waals surface area contributed by atoms with Crippen LogP contribution in [0.2, 0.25) is 5.02 Å². The maximum Gasteiger partial charge on any atom is 0.274 e. The van der Waals surface area contributed by atoms with Crippen molar-refractivity contribution in [2.45, 2.75) is 13.8 Å². The minimum Gasteiger partial charge on any atom is -0.321 e. The zero-order valence-corrected chi connectivity index (χ0v) is 17.2. The van der Waals surface area contributed by atoms with E-state index in [9.17, 15) is 9.18 Å². The zero-order chi connectivity index (χ0) is 21.3. The van der Waals surface area contributed by atoms with Gasteiger partial charge in [0.15, 0.2) is 0 Å².